The highest BCUT2D eigenvalue weighted by Crippen LogP contribution is 2.75. The second-order valence-electron chi connectivity index (χ2n) is 16.4. The van der Waals surface area contributed by atoms with Crippen molar-refractivity contribution in [1.82, 2.24) is 0 Å². The van der Waals surface area contributed by atoms with E-state index in [1.165, 1.54) is 25.7 Å². The van der Waals surface area contributed by atoms with Crippen LogP contribution in [0, 0.1) is 56.7 Å². The zero-order valence-corrected chi connectivity index (χ0v) is 26.7. The molecule has 4 saturated carbocycles. The standard InChI is InChI=1S/C36H60O3/c1-9-10-11-12-23-39-31(38)36-20-15-24(2)25(3)30(36)26-13-14-28-33(6)18-17-29(37)32(4,5)27(33)16-19-35(28,8)34(26,7)21-22-36/h13,24-25,27-30,37H,9-12,14-23H2,1-8H3/t24-,25+,27?,28?,29+,30?,33+,34-,35-,36+/m1/s1. The average Bonchev–Trinajstić information content (AvgIpc) is 2.89. The molecule has 0 amide bonds. The molecule has 3 unspecified atom stereocenters. The maximum atomic E-state index is 14.0. The smallest absolute Gasteiger partial charge is 0.312 e. The third kappa shape index (κ3) is 4.16. The lowest BCUT2D eigenvalue weighted by Gasteiger charge is -2.71. The number of carbonyl (C=O) groups excluding carboxylic acids is 1. The number of hydrogen-bond donors (Lipinski definition) is 1. The van der Waals surface area contributed by atoms with Crippen molar-refractivity contribution < 1.29 is 14.6 Å². The molecule has 5 rings (SSSR count). The van der Waals surface area contributed by atoms with Gasteiger partial charge in [-0.2, -0.15) is 0 Å². The number of allylic oxidation sites excluding steroid dienone is 2. The Morgan fingerprint density at radius 1 is 0.923 bits per heavy atom. The highest BCUT2D eigenvalue weighted by molar-refractivity contribution is 5.79. The van der Waals surface area contributed by atoms with E-state index in [9.17, 15) is 9.90 Å². The van der Waals surface area contributed by atoms with Crippen LogP contribution in [0.4, 0.5) is 0 Å². The number of carbonyl (C=O) groups is 1. The minimum Gasteiger partial charge on any atom is -0.465 e. The molecule has 0 spiro atoms. The van der Waals surface area contributed by atoms with E-state index in [1.54, 1.807) is 5.57 Å². The van der Waals surface area contributed by atoms with Crippen LogP contribution < -0.4 is 0 Å². The summed E-state index contributed by atoms with van der Waals surface area (Å²) in [5.41, 5.74) is 1.91. The maximum Gasteiger partial charge on any atom is 0.312 e. The van der Waals surface area contributed by atoms with Crippen molar-refractivity contribution in [3.63, 3.8) is 0 Å². The molecule has 222 valence electrons. The Morgan fingerprint density at radius 2 is 1.67 bits per heavy atom. The SMILES string of the molecule is CCCCCCOC(=O)[C@]12CC[C@@H](C)[C@H](C)C1C1=CCC3[C@@]4(C)CC[C@H](O)C(C)(C)C4CC[C@@]3(C)[C@]1(C)CC2. The molecule has 4 fully saturated rings. The summed E-state index contributed by atoms with van der Waals surface area (Å²) in [7, 11) is 0. The summed E-state index contributed by atoms with van der Waals surface area (Å²) in [5, 5.41) is 11.0. The summed E-state index contributed by atoms with van der Waals surface area (Å²) in [6.07, 6.45) is 17.0. The van der Waals surface area contributed by atoms with E-state index >= 15 is 0 Å². The molecule has 5 aliphatic carbocycles. The molecule has 10 atom stereocenters. The van der Waals surface area contributed by atoms with Crippen LogP contribution in [0.2, 0.25) is 0 Å². The summed E-state index contributed by atoms with van der Waals surface area (Å²) >= 11 is 0. The van der Waals surface area contributed by atoms with Gasteiger partial charge in [-0.1, -0.05) is 86.3 Å². The van der Waals surface area contributed by atoms with Crippen LogP contribution in [0.3, 0.4) is 0 Å². The molecular formula is C36H60O3. The first-order valence-electron chi connectivity index (χ1n) is 16.9. The summed E-state index contributed by atoms with van der Waals surface area (Å²) in [6, 6.07) is 0. The second kappa shape index (κ2) is 10.2. The topological polar surface area (TPSA) is 46.5 Å². The Kier molecular flexibility index (Phi) is 7.73. The molecule has 1 N–H and O–H groups in total. The molecule has 0 aromatic carbocycles. The van der Waals surface area contributed by atoms with Gasteiger partial charge < -0.3 is 9.84 Å². The predicted octanol–water partition coefficient (Wildman–Crippen LogP) is 9.13. The third-order valence-electron chi connectivity index (χ3n) is 14.6. The van der Waals surface area contributed by atoms with Crippen LogP contribution in [0.25, 0.3) is 0 Å². The monoisotopic (exact) mass is 540 g/mol. The molecule has 0 heterocycles. The lowest BCUT2D eigenvalue weighted by atomic mass is 9.33. The summed E-state index contributed by atoms with van der Waals surface area (Å²) in [5.74, 6) is 2.80. The Balaban J connectivity index is 1.50. The number of rotatable bonds is 6. The molecular weight excluding hydrogens is 480 g/mol. The molecule has 0 aromatic heterocycles. The number of fused-ring (bicyclic) bond motifs is 7. The van der Waals surface area contributed by atoms with Gasteiger partial charge in [0.25, 0.3) is 0 Å². The summed E-state index contributed by atoms with van der Waals surface area (Å²) in [6.45, 7) is 20.2. The minimum absolute atomic E-state index is 0.0187. The van der Waals surface area contributed by atoms with Gasteiger partial charge in [-0.3, -0.25) is 4.79 Å². The van der Waals surface area contributed by atoms with Crippen LogP contribution in [-0.4, -0.2) is 23.8 Å². The number of esters is 1. The van der Waals surface area contributed by atoms with Crippen LogP contribution in [0.1, 0.15) is 139 Å². The van der Waals surface area contributed by atoms with Crippen molar-refractivity contribution in [3.8, 4) is 0 Å². The molecule has 5 aliphatic rings. The minimum atomic E-state index is -0.330. The zero-order chi connectivity index (χ0) is 28.4. The van der Waals surface area contributed by atoms with Gasteiger partial charge in [-0.15, -0.1) is 0 Å². The van der Waals surface area contributed by atoms with E-state index < -0.39 is 0 Å². The third-order valence-corrected chi connectivity index (χ3v) is 14.6. The fraction of sp³-hybridized carbons (Fsp3) is 0.917. The fourth-order valence-electron chi connectivity index (χ4n) is 11.7. The Hall–Kier alpha value is -0.830. The van der Waals surface area contributed by atoms with Crippen molar-refractivity contribution in [3.05, 3.63) is 11.6 Å². The van der Waals surface area contributed by atoms with Crippen molar-refractivity contribution in [2.45, 2.75) is 145 Å². The van der Waals surface area contributed by atoms with Gasteiger partial charge in [0.1, 0.15) is 0 Å². The van der Waals surface area contributed by atoms with Gasteiger partial charge in [0.15, 0.2) is 0 Å². The molecule has 0 aromatic rings. The van der Waals surface area contributed by atoms with Crippen LogP contribution in [0.5, 0.6) is 0 Å². The Bertz CT molecular complexity index is 966. The first-order valence-corrected chi connectivity index (χ1v) is 16.9. The summed E-state index contributed by atoms with van der Waals surface area (Å²) < 4.78 is 6.15. The van der Waals surface area contributed by atoms with Gasteiger partial charge in [0, 0.05) is 0 Å². The van der Waals surface area contributed by atoms with Crippen molar-refractivity contribution in [2.24, 2.45) is 56.7 Å². The zero-order valence-electron chi connectivity index (χ0n) is 26.7. The number of aliphatic hydroxyl groups excluding tert-OH is 1. The van der Waals surface area contributed by atoms with Crippen LogP contribution in [-0.2, 0) is 9.53 Å². The molecule has 3 nitrogen and oxygen atoms in total. The van der Waals surface area contributed by atoms with Crippen molar-refractivity contribution in [1.29, 1.82) is 0 Å². The van der Waals surface area contributed by atoms with E-state index in [4.69, 9.17) is 4.74 Å². The highest BCUT2D eigenvalue weighted by atomic mass is 16.5. The molecule has 0 saturated heterocycles. The largest absolute Gasteiger partial charge is 0.465 e. The number of aliphatic hydroxyl groups is 1. The van der Waals surface area contributed by atoms with Crippen molar-refractivity contribution in [2.75, 3.05) is 6.61 Å². The van der Waals surface area contributed by atoms with Gasteiger partial charge >= 0.3 is 5.97 Å². The Morgan fingerprint density at radius 3 is 2.38 bits per heavy atom. The van der Waals surface area contributed by atoms with Gasteiger partial charge in [-0.05, 0) is 115 Å². The fourth-order valence-corrected chi connectivity index (χ4v) is 11.7. The lowest BCUT2D eigenvalue weighted by molar-refractivity contribution is -0.207. The van der Waals surface area contributed by atoms with E-state index in [2.05, 4.69) is 61.5 Å². The predicted molar refractivity (Wildman–Crippen MR) is 160 cm³/mol. The highest BCUT2D eigenvalue weighted by Gasteiger charge is 2.69. The van der Waals surface area contributed by atoms with Gasteiger partial charge in [-0.25, -0.2) is 0 Å². The Labute approximate surface area is 240 Å². The first kappa shape index (κ1) is 29.7. The quantitative estimate of drug-likeness (QED) is 0.207. The normalized spacial score (nSPS) is 48.6. The first-order chi connectivity index (χ1) is 18.3. The second-order valence-corrected chi connectivity index (χ2v) is 16.4. The van der Waals surface area contributed by atoms with Gasteiger partial charge in [0.2, 0.25) is 0 Å². The van der Waals surface area contributed by atoms with E-state index in [1.807, 2.05) is 0 Å². The van der Waals surface area contributed by atoms with E-state index in [0.717, 1.165) is 57.8 Å². The average molecular weight is 541 g/mol. The lowest BCUT2D eigenvalue weighted by Crippen LogP contribution is -2.65. The van der Waals surface area contributed by atoms with Crippen LogP contribution >= 0.6 is 0 Å². The van der Waals surface area contributed by atoms with Gasteiger partial charge in [0.05, 0.1) is 18.1 Å². The molecule has 39 heavy (non-hydrogen) atoms. The van der Waals surface area contributed by atoms with Crippen molar-refractivity contribution >= 4 is 5.97 Å². The molecule has 0 bridgehead atoms. The maximum absolute atomic E-state index is 14.0. The number of ether oxygens (including phenoxy) is 1. The molecule has 0 aliphatic heterocycles. The van der Waals surface area contributed by atoms with E-state index in [-0.39, 0.29) is 39.1 Å². The number of hydrogen-bond acceptors (Lipinski definition) is 3. The molecule has 3 heteroatoms. The van der Waals surface area contributed by atoms with E-state index in [0.29, 0.717) is 36.2 Å². The van der Waals surface area contributed by atoms with Crippen LogP contribution in [0.15, 0.2) is 11.6 Å². The summed E-state index contributed by atoms with van der Waals surface area (Å²) in [4.78, 5) is 14.0. The number of unbranched alkanes of at least 4 members (excludes halogenated alkanes) is 3. The molecule has 0 radical (unpaired) electrons.